The van der Waals surface area contributed by atoms with Crippen molar-refractivity contribution in [2.75, 3.05) is 66.2 Å². The van der Waals surface area contributed by atoms with Crippen molar-refractivity contribution in [3.8, 4) is 0 Å². The number of carbonyl (C=O) groups is 1. The Morgan fingerprint density at radius 1 is 0.927 bits per heavy atom. The van der Waals surface area contributed by atoms with Gasteiger partial charge in [-0.3, -0.25) is 14.6 Å². The van der Waals surface area contributed by atoms with Crippen LogP contribution in [0.2, 0.25) is 0 Å². The van der Waals surface area contributed by atoms with Gasteiger partial charge in [0.1, 0.15) is 0 Å². The Balaban J connectivity index is 1.61. The molecule has 2 unspecified atom stereocenters. The van der Waals surface area contributed by atoms with Crippen molar-refractivity contribution in [2.45, 2.75) is 38.3 Å². The quantitative estimate of drug-likeness (QED) is 0.418. The number of methoxy groups -OCH3 is 1. The fraction of sp³-hybridized carbons (Fsp3) is 0.552. The number of alkyl halides is 6. The van der Waals surface area contributed by atoms with Gasteiger partial charge in [0.15, 0.2) is 0 Å². The molecular weight excluding hydrogens is 552 g/mol. The summed E-state index contributed by atoms with van der Waals surface area (Å²) in [4.78, 5) is 19.5. The lowest BCUT2D eigenvalue weighted by atomic mass is 9.96. The molecule has 1 amide bonds. The number of rotatable bonds is 7. The monoisotopic (exact) mass is 587 g/mol. The molecule has 226 valence electrons. The Hall–Kier alpha value is -2.67. The second-order valence-electron chi connectivity index (χ2n) is 10.7. The first-order valence-corrected chi connectivity index (χ1v) is 13.5. The molecule has 2 fully saturated rings. The highest BCUT2D eigenvalue weighted by atomic mass is 19.4. The Morgan fingerprint density at radius 2 is 1.61 bits per heavy atom. The van der Waals surface area contributed by atoms with E-state index in [9.17, 15) is 31.1 Å². The lowest BCUT2D eigenvalue weighted by molar-refractivity contribution is -0.143. The number of nitrogens with zero attached hydrogens (tertiary/aromatic N) is 3. The SMILES string of the molecule is COCC1COCCN1CCN1CCN(C(=O)c2cc(C(F)(F)F)cc(C(F)(F)F)c2)C(c2ccc(C)c(C)c2)C1. The van der Waals surface area contributed by atoms with Gasteiger partial charge in [-0.2, -0.15) is 26.3 Å². The third kappa shape index (κ3) is 7.59. The van der Waals surface area contributed by atoms with Gasteiger partial charge in [-0.05, 0) is 48.7 Å². The molecule has 2 atom stereocenters. The summed E-state index contributed by atoms with van der Waals surface area (Å²) in [6, 6.07) is 6.31. The second kappa shape index (κ2) is 12.7. The van der Waals surface area contributed by atoms with Gasteiger partial charge in [-0.1, -0.05) is 18.2 Å². The summed E-state index contributed by atoms with van der Waals surface area (Å²) in [5, 5.41) is 0. The van der Waals surface area contributed by atoms with Crippen LogP contribution in [0.5, 0.6) is 0 Å². The topological polar surface area (TPSA) is 45.3 Å². The molecule has 0 bridgehead atoms. The van der Waals surface area contributed by atoms with Crippen molar-refractivity contribution in [1.29, 1.82) is 0 Å². The highest BCUT2D eigenvalue weighted by Gasteiger charge is 2.39. The summed E-state index contributed by atoms with van der Waals surface area (Å²) in [7, 11) is 1.64. The number of hydrogen-bond donors (Lipinski definition) is 0. The summed E-state index contributed by atoms with van der Waals surface area (Å²) in [6.07, 6.45) is -10.1. The highest BCUT2D eigenvalue weighted by molar-refractivity contribution is 5.95. The summed E-state index contributed by atoms with van der Waals surface area (Å²) in [5.74, 6) is -0.863. The van der Waals surface area contributed by atoms with Crippen molar-refractivity contribution in [3.63, 3.8) is 0 Å². The minimum absolute atomic E-state index is 0.0397. The van der Waals surface area contributed by atoms with E-state index in [1.807, 2.05) is 32.0 Å². The summed E-state index contributed by atoms with van der Waals surface area (Å²) in [5.41, 5.74) is -0.867. The lowest BCUT2D eigenvalue weighted by Crippen LogP contribution is -2.54. The molecule has 0 radical (unpaired) electrons. The van der Waals surface area contributed by atoms with E-state index in [0.717, 1.165) is 29.8 Å². The molecule has 0 aliphatic carbocycles. The van der Waals surface area contributed by atoms with E-state index < -0.39 is 41.0 Å². The van der Waals surface area contributed by atoms with Gasteiger partial charge in [-0.25, -0.2) is 0 Å². The molecule has 4 rings (SSSR count). The van der Waals surface area contributed by atoms with Gasteiger partial charge in [0.05, 0.1) is 43.0 Å². The van der Waals surface area contributed by atoms with E-state index in [1.165, 1.54) is 4.90 Å². The smallest absolute Gasteiger partial charge is 0.383 e. The normalized spacial score (nSPS) is 21.3. The summed E-state index contributed by atoms with van der Waals surface area (Å²) >= 11 is 0. The maximum absolute atomic E-state index is 13.7. The predicted molar refractivity (Wildman–Crippen MR) is 141 cm³/mol. The van der Waals surface area contributed by atoms with Crippen molar-refractivity contribution in [2.24, 2.45) is 0 Å². The summed E-state index contributed by atoms with van der Waals surface area (Å²) in [6.45, 7) is 8.70. The summed E-state index contributed by atoms with van der Waals surface area (Å²) < 4.78 is 92.0. The Bertz CT molecular complexity index is 1190. The molecule has 2 aromatic carbocycles. The lowest BCUT2D eigenvalue weighted by Gasteiger charge is -2.43. The first-order valence-electron chi connectivity index (χ1n) is 13.5. The largest absolute Gasteiger partial charge is 0.416 e. The Morgan fingerprint density at radius 3 is 2.22 bits per heavy atom. The van der Waals surface area contributed by atoms with Crippen LogP contribution in [0.1, 0.15) is 44.2 Å². The molecular formula is C29H35F6N3O3. The standard InChI is InChI=1S/C29H35F6N3O3/c1-19-4-5-21(12-20(19)2)26-16-36(6-8-37-10-11-41-18-25(37)17-40-3)7-9-38(26)27(39)22-13-23(28(30,31)32)15-24(14-22)29(33,34)35/h4-5,12-15,25-26H,6-11,16-18H2,1-3H3. The van der Waals surface area contributed by atoms with Gasteiger partial charge in [-0.15, -0.1) is 0 Å². The average Bonchev–Trinajstić information content (AvgIpc) is 2.92. The number of piperazine rings is 1. The average molecular weight is 588 g/mol. The molecule has 2 aliphatic heterocycles. The molecule has 41 heavy (non-hydrogen) atoms. The molecule has 2 aliphatic rings. The van der Waals surface area contributed by atoms with Crippen molar-refractivity contribution in [1.82, 2.24) is 14.7 Å². The van der Waals surface area contributed by atoms with Crippen LogP contribution in [0.4, 0.5) is 26.3 Å². The first-order chi connectivity index (χ1) is 19.3. The fourth-order valence-electron chi connectivity index (χ4n) is 5.39. The number of benzene rings is 2. The number of carbonyl (C=O) groups excluding carboxylic acids is 1. The van der Waals surface area contributed by atoms with Gasteiger partial charge >= 0.3 is 12.4 Å². The fourth-order valence-corrected chi connectivity index (χ4v) is 5.39. The third-order valence-corrected chi connectivity index (χ3v) is 7.89. The zero-order chi connectivity index (χ0) is 29.9. The van der Waals surface area contributed by atoms with Gasteiger partial charge in [0.2, 0.25) is 0 Å². The minimum atomic E-state index is -5.04. The molecule has 2 saturated heterocycles. The van der Waals surface area contributed by atoms with Gasteiger partial charge in [0.25, 0.3) is 5.91 Å². The molecule has 0 N–H and O–H groups in total. The first kappa shape index (κ1) is 31.3. The number of aryl methyl sites for hydroxylation is 2. The number of ether oxygens (including phenoxy) is 2. The van der Waals surface area contributed by atoms with Gasteiger partial charge < -0.3 is 14.4 Å². The van der Waals surface area contributed by atoms with Crippen LogP contribution in [-0.2, 0) is 21.8 Å². The van der Waals surface area contributed by atoms with Crippen LogP contribution >= 0.6 is 0 Å². The molecule has 2 heterocycles. The maximum atomic E-state index is 13.7. The number of hydrogen-bond acceptors (Lipinski definition) is 5. The predicted octanol–water partition coefficient (Wildman–Crippen LogP) is 5.19. The number of halogens is 6. The van der Waals surface area contributed by atoms with E-state index in [1.54, 1.807) is 7.11 Å². The maximum Gasteiger partial charge on any atom is 0.416 e. The van der Waals surface area contributed by atoms with E-state index >= 15 is 0 Å². The van der Waals surface area contributed by atoms with Crippen molar-refractivity contribution in [3.05, 3.63) is 69.8 Å². The molecule has 12 heteroatoms. The zero-order valence-corrected chi connectivity index (χ0v) is 23.3. The van der Waals surface area contributed by atoms with E-state index in [4.69, 9.17) is 9.47 Å². The van der Waals surface area contributed by atoms with E-state index in [2.05, 4.69) is 9.80 Å². The van der Waals surface area contributed by atoms with Crippen LogP contribution in [0, 0.1) is 13.8 Å². The number of morpholine rings is 1. The molecule has 0 saturated carbocycles. The minimum Gasteiger partial charge on any atom is -0.383 e. The van der Waals surface area contributed by atoms with Crippen LogP contribution in [0.3, 0.4) is 0 Å². The number of amides is 1. The second-order valence-corrected chi connectivity index (χ2v) is 10.7. The van der Waals surface area contributed by atoms with Crippen LogP contribution < -0.4 is 0 Å². The third-order valence-electron chi connectivity index (χ3n) is 7.89. The van der Waals surface area contributed by atoms with Crippen molar-refractivity contribution >= 4 is 5.91 Å². The molecule has 0 spiro atoms. The van der Waals surface area contributed by atoms with E-state index in [0.29, 0.717) is 51.6 Å². The van der Waals surface area contributed by atoms with E-state index in [-0.39, 0.29) is 18.7 Å². The Kier molecular flexibility index (Phi) is 9.67. The zero-order valence-electron chi connectivity index (χ0n) is 23.3. The molecule has 2 aromatic rings. The van der Waals surface area contributed by atoms with Crippen LogP contribution in [-0.4, -0.2) is 92.8 Å². The molecule has 0 aromatic heterocycles. The Labute approximate surface area is 235 Å². The van der Waals surface area contributed by atoms with Crippen LogP contribution in [0.15, 0.2) is 36.4 Å². The molecule has 6 nitrogen and oxygen atoms in total. The highest BCUT2D eigenvalue weighted by Crippen LogP contribution is 2.37. The van der Waals surface area contributed by atoms with Crippen molar-refractivity contribution < 1.29 is 40.6 Å². The van der Waals surface area contributed by atoms with Crippen LogP contribution in [0.25, 0.3) is 0 Å². The van der Waals surface area contributed by atoms with Gasteiger partial charge in [0, 0.05) is 51.9 Å².